The smallest absolute Gasteiger partial charge is 0.409 e. The topological polar surface area (TPSA) is 46.6 Å². The molecule has 1 saturated heterocycles. The minimum Gasteiger partial charge on any atom is -0.449 e. The Morgan fingerprint density at radius 2 is 2.29 bits per heavy atom. The number of nitrogens with zero attached hydrogens (tertiary/aromatic N) is 1. The molecular weight excluding hydrogens is 232 g/mol. The number of rotatable bonds is 4. The molecule has 1 amide bonds. The zero-order valence-corrected chi connectivity index (χ0v) is 9.83. The zero-order valence-electron chi connectivity index (χ0n) is 9.83. The molecule has 0 saturated carbocycles. The number of hydrogen-bond acceptors (Lipinski definition) is 3. The Balaban J connectivity index is 2.51. The number of carbonyl (C=O) groups is 2. The lowest BCUT2D eigenvalue weighted by Gasteiger charge is -2.34. The van der Waals surface area contributed by atoms with Crippen LogP contribution in [0.4, 0.5) is 13.6 Å². The molecule has 0 bridgehead atoms. The minimum absolute atomic E-state index is 0.0179. The van der Waals surface area contributed by atoms with Gasteiger partial charge in [-0.25, -0.2) is 13.6 Å². The highest BCUT2D eigenvalue weighted by Gasteiger charge is 2.42. The summed E-state index contributed by atoms with van der Waals surface area (Å²) in [6.07, 6.45) is 0.784. The summed E-state index contributed by atoms with van der Waals surface area (Å²) in [6, 6.07) is 0. The molecule has 1 rings (SSSR count). The predicted molar refractivity (Wildman–Crippen MR) is 56.9 cm³/mol. The quantitative estimate of drug-likeness (QED) is 0.566. The van der Waals surface area contributed by atoms with Gasteiger partial charge in [-0.1, -0.05) is 13.3 Å². The van der Waals surface area contributed by atoms with Crippen molar-refractivity contribution in [3.05, 3.63) is 0 Å². The summed E-state index contributed by atoms with van der Waals surface area (Å²) in [5.74, 6) is -3.81. The molecular formula is C11H17F2NO3. The second kappa shape index (κ2) is 5.93. The van der Waals surface area contributed by atoms with Gasteiger partial charge in [0.25, 0.3) is 5.92 Å². The van der Waals surface area contributed by atoms with Crippen LogP contribution in [0.25, 0.3) is 0 Å². The van der Waals surface area contributed by atoms with E-state index < -0.39 is 30.9 Å². The normalized spacial score (nSPS) is 23.2. The molecule has 1 heterocycles. The van der Waals surface area contributed by atoms with Gasteiger partial charge in [0.15, 0.2) is 0 Å². The first kappa shape index (κ1) is 13.9. The lowest BCUT2D eigenvalue weighted by atomic mass is 9.97. The van der Waals surface area contributed by atoms with Crippen LogP contribution in [-0.2, 0) is 9.53 Å². The molecule has 1 aliphatic heterocycles. The number of hydrogen-bond donors (Lipinski definition) is 0. The van der Waals surface area contributed by atoms with Crippen LogP contribution < -0.4 is 0 Å². The second-order valence-corrected chi connectivity index (χ2v) is 4.30. The van der Waals surface area contributed by atoms with Gasteiger partial charge in [0, 0.05) is 18.9 Å². The highest BCUT2D eigenvalue weighted by Crippen LogP contribution is 2.29. The third kappa shape index (κ3) is 4.28. The van der Waals surface area contributed by atoms with E-state index in [-0.39, 0.29) is 13.2 Å². The zero-order chi connectivity index (χ0) is 12.9. The molecule has 1 aliphatic rings. The fourth-order valence-electron chi connectivity index (χ4n) is 1.76. The monoisotopic (exact) mass is 249 g/mol. The Bertz CT molecular complexity index is 284. The Morgan fingerprint density at radius 1 is 1.59 bits per heavy atom. The maximum absolute atomic E-state index is 13.2. The van der Waals surface area contributed by atoms with E-state index in [1.54, 1.807) is 0 Å². The summed E-state index contributed by atoms with van der Waals surface area (Å²) in [5, 5.41) is 0. The SMILES string of the molecule is CCCCOC(=O)N1CC(C=O)CC(F)(F)C1. The summed E-state index contributed by atoms with van der Waals surface area (Å²) >= 11 is 0. The summed E-state index contributed by atoms with van der Waals surface area (Å²) in [5.41, 5.74) is 0. The molecule has 98 valence electrons. The van der Waals surface area contributed by atoms with Crippen molar-refractivity contribution in [3.63, 3.8) is 0 Å². The molecule has 0 N–H and O–H groups in total. The number of alkyl halides is 2. The molecule has 0 radical (unpaired) electrons. The third-order valence-corrected chi connectivity index (χ3v) is 2.61. The number of halogens is 2. The molecule has 17 heavy (non-hydrogen) atoms. The van der Waals surface area contributed by atoms with Gasteiger partial charge in [0.05, 0.1) is 13.2 Å². The van der Waals surface area contributed by atoms with Gasteiger partial charge in [-0.05, 0) is 6.42 Å². The van der Waals surface area contributed by atoms with Gasteiger partial charge in [0.2, 0.25) is 0 Å². The van der Waals surface area contributed by atoms with Crippen LogP contribution >= 0.6 is 0 Å². The maximum Gasteiger partial charge on any atom is 0.409 e. The first-order chi connectivity index (χ1) is 7.98. The molecule has 0 aromatic rings. The lowest BCUT2D eigenvalue weighted by Crippen LogP contribution is -2.50. The van der Waals surface area contributed by atoms with Crippen LogP contribution in [0.1, 0.15) is 26.2 Å². The van der Waals surface area contributed by atoms with E-state index in [2.05, 4.69) is 0 Å². The summed E-state index contributed by atoms with van der Waals surface area (Å²) < 4.78 is 31.3. The van der Waals surface area contributed by atoms with Gasteiger partial charge in [0.1, 0.15) is 6.29 Å². The molecule has 1 unspecified atom stereocenters. The van der Waals surface area contributed by atoms with Crippen LogP contribution in [0.5, 0.6) is 0 Å². The third-order valence-electron chi connectivity index (χ3n) is 2.61. The van der Waals surface area contributed by atoms with E-state index in [0.717, 1.165) is 11.3 Å². The predicted octanol–water partition coefficient (Wildman–Crippen LogP) is 2.08. The average molecular weight is 249 g/mol. The summed E-state index contributed by atoms with van der Waals surface area (Å²) in [6.45, 7) is 1.51. The van der Waals surface area contributed by atoms with E-state index in [1.165, 1.54) is 0 Å². The summed E-state index contributed by atoms with van der Waals surface area (Å²) in [4.78, 5) is 23.0. The van der Waals surface area contributed by atoms with Gasteiger partial charge in [-0.15, -0.1) is 0 Å². The maximum atomic E-state index is 13.2. The van der Waals surface area contributed by atoms with Crippen LogP contribution in [0.2, 0.25) is 0 Å². The first-order valence-electron chi connectivity index (χ1n) is 5.73. The van der Waals surface area contributed by atoms with Crippen molar-refractivity contribution in [1.29, 1.82) is 0 Å². The van der Waals surface area contributed by atoms with E-state index in [4.69, 9.17) is 4.74 Å². The van der Waals surface area contributed by atoms with E-state index in [9.17, 15) is 18.4 Å². The van der Waals surface area contributed by atoms with Gasteiger partial charge >= 0.3 is 6.09 Å². The van der Waals surface area contributed by atoms with Crippen molar-refractivity contribution in [2.45, 2.75) is 32.1 Å². The summed E-state index contributed by atoms with van der Waals surface area (Å²) in [7, 11) is 0. The van der Waals surface area contributed by atoms with Crippen LogP contribution in [0.3, 0.4) is 0 Å². The largest absolute Gasteiger partial charge is 0.449 e. The molecule has 4 nitrogen and oxygen atoms in total. The van der Waals surface area contributed by atoms with Crippen molar-refractivity contribution < 1.29 is 23.1 Å². The van der Waals surface area contributed by atoms with Crippen molar-refractivity contribution in [2.24, 2.45) is 5.92 Å². The Hall–Kier alpha value is -1.20. The molecule has 1 atom stereocenters. The minimum atomic E-state index is -3.01. The van der Waals surface area contributed by atoms with E-state index in [0.29, 0.717) is 12.7 Å². The average Bonchev–Trinajstić information content (AvgIpc) is 2.27. The van der Waals surface area contributed by atoms with Crippen molar-refractivity contribution in [2.75, 3.05) is 19.7 Å². The number of aldehydes is 1. The molecule has 6 heteroatoms. The number of ether oxygens (including phenoxy) is 1. The van der Waals surface area contributed by atoms with Crippen molar-refractivity contribution >= 4 is 12.4 Å². The van der Waals surface area contributed by atoms with Gasteiger partial charge in [-0.2, -0.15) is 0 Å². The van der Waals surface area contributed by atoms with E-state index >= 15 is 0 Å². The fraction of sp³-hybridized carbons (Fsp3) is 0.818. The Labute approximate surface area is 98.9 Å². The second-order valence-electron chi connectivity index (χ2n) is 4.30. The van der Waals surface area contributed by atoms with Crippen molar-refractivity contribution in [3.8, 4) is 0 Å². The Morgan fingerprint density at radius 3 is 2.88 bits per heavy atom. The molecule has 1 fully saturated rings. The highest BCUT2D eigenvalue weighted by molar-refractivity contribution is 5.69. The van der Waals surface area contributed by atoms with Crippen LogP contribution in [0, 0.1) is 5.92 Å². The highest BCUT2D eigenvalue weighted by atomic mass is 19.3. The number of piperidine rings is 1. The first-order valence-corrected chi connectivity index (χ1v) is 5.73. The number of carbonyl (C=O) groups excluding carboxylic acids is 2. The van der Waals surface area contributed by atoms with Crippen molar-refractivity contribution in [1.82, 2.24) is 4.90 Å². The number of likely N-dealkylation sites (tertiary alicyclic amines) is 1. The molecule has 0 aromatic carbocycles. The fourth-order valence-corrected chi connectivity index (χ4v) is 1.76. The molecule has 0 aromatic heterocycles. The Kier molecular flexibility index (Phi) is 4.84. The van der Waals surface area contributed by atoms with Crippen LogP contribution in [0.15, 0.2) is 0 Å². The van der Waals surface area contributed by atoms with Crippen LogP contribution in [-0.4, -0.2) is 42.9 Å². The molecule has 0 spiro atoms. The lowest BCUT2D eigenvalue weighted by molar-refractivity contribution is -0.122. The van der Waals surface area contributed by atoms with E-state index in [1.807, 2.05) is 6.92 Å². The number of unbranched alkanes of at least 4 members (excludes halogenated alkanes) is 1. The molecule has 0 aliphatic carbocycles. The standard InChI is InChI=1S/C11H17F2NO3/c1-2-3-4-17-10(16)14-6-9(7-15)5-11(12,13)8-14/h7,9H,2-6,8H2,1H3. The van der Waals surface area contributed by atoms with Gasteiger partial charge in [-0.3, -0.25) is 0 Å². The number of amides is 1. The van der Waals surface area contributed by atoms with Gasteiger partial charge < -0.3 is 14.4 Å².